The summed E-state index contributed by atoms with van der Waals surface area (Å²) >= 11 is 1.20. The molecule has 0 spiro atoms. The molecule has 0 bridgehead atoms. The van der Waals surface area contributed by atoms with Crippen molar-refractivity contribution in [2.45, 2.75) is 39.5 Å². The summed E-state index contributed by atoms with van der Waals surface area (Å²) in [5.74, 6) is -0.292. The van der Waals surface area contributed by atoms with Gasteiger partial charge in [0.05, 0.1) is 5.69 Å². The van der Waals surface area contributed by atoms with E-state index in [1.165, 1.54) is 28.9 Å². The normalized spacial score (nSPS) is 12.8. The molecule has 0 saturated heterocycles. The van der Waals surface area contributed by atoms with Crippen LogP contribution in [0.2, 0.25) is 0 Å². The fraction of sp³-hybridized carbons (Fsp3) is 0.353. The molecule has 1 aliphatic carbocycles. The van der Waals surface area contributed by atoms with E-state index in [4.69, 9.17) is 0 Å². The molecular formula is C17H19N3O2S. The highest BCUT2D eigenvalue weighted by Gasteiger charge is 2.17. The maximum Gasteiger partial charge on any atom is 0.267 e. The summed E-state index contributed by atoms with van der Waals surface area (Å²) in [5.41, 5.74) is 4.13. The minimum absolute atomic E-state index is 0.107. The number of benzene rings is 1. The van der Waals surface area contributed by atoms with Crippen LogP contribution in [0.4, 0.5) is 10.8 Å². The number of carbonyl (C=O) groups excluding carboxylic acids is 2. The summed E-state index contributed by atoms with van der Waals surface area (Å²) in [4.78, 5) is 28.6. The molecule has 1 aliphatic rings. The van der Waals surface area contributed by atoms with Gasteiger partial charge in [-0.05, 0) is 49.4 Å². The zero-order valence-corrected chi connectivity index (χ0v) is 14.0. The topological polar surface area (TPSA) is 71.1 Å². The van der Waals surface area contributed by atoms with Crippen LogP contribution < -0.4 is 10.6 Å². The SMILES string of the molecule is CCC(=O)Nc1nc(C)c(C(=O)Nc2ccc3c(c2)CCC3)s1. The molecule has 2 aromatic rings. The molecule has 6 heteroatoms. The van der Waals surface area contributed by atoms with E-state index in [1.54, 1.807) is 13.8 Å². The van der Waals surface area contributed by atoms with Crippen LogP contribution in [0.25, 0.3) is 0 Å². The molecule has 120 valence electrons. The molecular weight excluding hydrogens is 310 g/mol. The van der Waals surface area contributed by atoms with Crippen molar-refractivity contribution in [1.82, 2.24) is 4.98 Å². The summed E-state index contributed by atoms with van der Waals surface area (Å²) in [5, 5.41) is 6.09. The van der Waals surface area contributed by atoms with Crippen molar-refractivity contribution in [3.8, 4) is 0 Å². The van der Waals surface area contributed by atoms with Gasteiger partial charge >= 0.3 is 0 Å². The number of rotatable bonds is 4. The first-order valence-electron chi connectivity index (χ1n) is 7.77. The van der Waals surface area contributed by atoms with Crippen molar-refractivity contribution in [2.24, 2.45) is 0 Å². The van der Waals surface area contributed by atoms with Gasteiger partial charge in [0.2, 0.25) is 5.91 Å². The van der Waals surface area contributed by atoms with Gasteiger partial charge in [-0.2, -0.15) is 0 Å². The number of carbonyl (C=O) groups is 2. The second kappa shape index (κ2) is 6.50. The van der Waals surface area contributed by atoms with Gasteiger partial charge in [0, 0.05) is 12.1 Å². The van der Waals surface area contributed by atoms with Crippen LogP contribution in [0.3, 0.4) is 0 Å². The zero-order valence-electron chi connectivity index (χ0n) is 13.2. The Morgan fingerprint density at radius 3 is 2.78 bits per heavy atom. The zero-order chi connectivity index (χ0) is 16.4. The van der Waals surface area contributed by atoms with Crippen LogP contribution >= 0.6 is 11.3 Å². The lowest BCUT2D eigenvalue weighted by atomic mass is 10.1. The van der Waals surface area contributed by atoms with Gasteiger partial charge in [-0.3, -0.25) is 9.59 Å². The standard InChI is InChI=1S/C17H19N3O2S/c1-3-14(21)20-17-18-10(2)15(23-17)16(22)19-13-8-7-11-5-4-6-12(11)9-13/h7-9H,3-6H2,1-2H3,(H,19,22)(H,18,20,21). The van der Waals surface area contributed by atoms with E-state index < -0.39 is 0 Å². The number of anilines is 2. The van der Waals surface area contributed by atoms with Crippen LogP contribution in [0.1, 0.15) is 46.3 Å². The van der Waals surface area contributed by atoms with Crippen LogP contribution in [-0.4, -0.2) is 16.8 Å². The first-order chi connectivity index (χ1) is 11.1. The first kappa shape index (κ1) is 15.7. The number of fused-ring (bicyclic) bond motifs is 1. The fourth-order valence-corrected chi connectivity index (χ4v) is 3.58. The van der Waals surface area contributed by atoms with E-state index in [0.29, 0.717) is 22.1 Å². The van der Waals surface area contributed by atoms with E-state index >= 15 is 0 Å². The highest BCUT2D eigenvalue weighted by molar-refractivity contribution is 7.17. The van der Waals surface area contributed by atoms with Gasteiger partial charge in [-0.25, -0.2) is 4.98 Å². The van der Waals surface area contributed by atoms with E-state index in [2.05, 4.69) is 27.8 Å². The number of aromatic nitrogens is 1. The molecule has 0 atom stereocenters. The monoisotopic (exact) mass is 329 g/mol. The van der Waals surface area contributed by atoms with Crippen molar-refractivity contribution >= 4 is 34.0 Å². The summed E-state index contributed by atoms with van der Waals surface area (Å²) in [6.07, 6.45) is 3.76. The van der Waals surface area contributed by atoms with Crippen LogP contribution in [0.15, 0.2) is 18.2 Å². The third-order valence-corrected chi connectivity index (χ3v) is 5.00. The summed E-state index contributed by atoms with van der Waals surface area (Å²) < 4.78 is 0. The Morgan fingerprint density at radius 1 is 1.22 bits per heavy atom. The van der Waals surface area contributed by atoms with Gasteiger partial charge in [0.15, 0.2) is 5.13 Å². The molecule has 0 aliphatic heterocycles. The average Bonchev–Trinajstić information content (AvgIpc) is 3.13. The Balaban J connectivity index is 1.74. The largest absolute Gasteiger partial charge is 0.321 e. The summed E-state index contributed by atoms with van der Waals surface area (Å²) in [6.45, 7) is 3.55. The summed E-state index contributed by atoms with van der Waals surface area (Å²) in [6, 6.07) is 6.08. The third-order valence-electron chi connectivity index (χ3n) is 3.93. The van der Waals surface area contributed by atoms with Gasteiger partial charge in [-0.1, -0.05) is 24.3 Å². The molecule has 0 radical (unpaired) electrons. The van der Waals surface area contributed by atoms with E-state index in [-0.39, 0.29) is 11.8 Å². The number of nitrogens with zero attached hydrogens (tertiary/aromatic N) is 1. The van der Waals surface area contributed by atoms with Gasteiger partial charge in [0.1, 0.15) is 4.88 Å². The minimum atomic E-state index is -0.185. The molecule has 2 amide bonds. The number of hydrogen-bond donors (Lipinski definition) is 2. The van der Waals surface area contributed by atoms with Crippen LogP contribution in [0.5, 0.6) is 0 Å². The van der Waals surface area contributed by atoms with Crippen molar-refractivity contribution < 1.29 is 9.59 Å². The number of hydrogen-bond acceptors (Lipinski definition) is 4. The second-order valence-corrected chi connectivity index (χ2v) is 6.63. The Morgan fingerprint density at radius 2 is 2.00 bits per heavy atom. The molecule has 0 fully saturated rings. The lowest BCUT2D eigenvalue weighted by Gasteiger charge is -2.06. The predicted octanol–water partition coefficient (Wildman–Crippen LogP) is 3.54. The maximum atomic E-state index is 12.5. The number of amides is 2. The highest BCUT2D eigenvalue weighted by Crippen LogP contribution is 2.27. The van der Waals surface area contributed by atoms with Gasteiger partial charge in [0.25, 0.3) is 5.91 Å². The molecule has 1 aromatic heterocycles. The molecule has 3 rings (SSSR count). The molecule has 1 heterocycles. The molecule has 2 N–H and O–H groups in total. The number of nitrogens with one attached hydrogen (secondary N) is 2. The van der Waals surface area contributed by atoms with Crippen molar-refractivity contribution in [1.29, 1.82) is 0 Å². The third kappa shape index (κ3) is 3.42. The Kier molecular flexibility index (Phi) is 4.43. The lowest BCUT2D eigenvalue weighted by Crippen LogP contribution is -2.11. The highest BCUT2D eigenvalue weighted by atomic mass is 32.1. The summed E-state index contributed by atoms with van der Waals surface area (Å²) in [7, 11) is 0. The molecule has 0 unspecified atom stereocenters. The van der Waals surface area contributed by atoms with E-state index in [0.717, 1.165) is 18.5 Å². The first-order valence-corrected chi connectivity index (χ1v) is 8.59. The fourth-order valence-electron chi connectivity index (χ4n) is 2.71. The second-order valence-electron chi connectivity index (χ2n) is 5.63. The molecule has 23 heavy (non-hydrogen) atoms. The van der Waals surface area contributed by atoms with Crippen LogP contribution in [0, 0.1) is 6.92 Å². The quantitative estimate of drug-likeness (QED) is 0.901. The molecule has 1 aromatic carbocycles. The average molecular weight is 329 g/mol. The Labute approximate surface area is 139 Å². The Bertz CT molecular complexity index is 767. The lowest BCUT2D eigenvalue weighted by molar-refractivity contribution is -0.115. The minimum Gasteiger partial charge on any atom is -0.321 e. The van der Waals surface area contributed by atoms with Crippen molar-refractivity contribution in [3.63, 3.8) is 0 Å². The van der Waals surface area contributed by atoms with Crippen molar-refractivity contribution in [3.05, 3.63) is 39.9 Å². The van der Waals surface area contributed by atoms with Crippen LogP contribution in [-0.2, 0) is 17.6 Å². The molecule has 0 saturated carbocycles. The van der Waals surface area contributed by atoms with Crippen molar-refractivity contribution in [2.75, 3.05) is 10.6 Å². The predicted molar refractivity (Wildman–Crippen MR) is 92.2 cm³/mol. The Hall–Kier alpha value is -2.21. The van der Waals surface area contributed by atoms with E-state index in [9.17, 15) is 9.59 Å². The van der Waals surface area contributed by atoms with E-state index in [1.807, 2.05) is 6.07 Å². The number of aryl methyl sites for hydroxylation is 3. The maximum absolute atomic E-state index is 12.5. The smallest absolute Gasteiger partial charge is 0.267 e. The van der Waals surface area contributed by atoms with Gasteiger partial charge < -0.3 is 10.6 Å². The number of thiazole rings is 1. The molecule has 5 nitrogen and oxygen atoms in total. The van der Waals surface area contributed by atoms with Gasteiger partial charge in [-0.15, -0.1) is 0 Å².